The molecule has 136 valence electrons. The Morgan fingerprint density at radius 3 is 2.26 bits per heavy atom. The Labute approximate surface area is 140 Å². The molecular formula is C14H25ClF3N3O2. The second kappa shape index (κ2) is 9.32. The van der Waals surface area contributed by atoms with Crippen molar-refractivity contribution in [2.45, 2.75) is 45.3 Å². The fraction of sp³-hybridized carbons (Fsp3) is 0.857. The zero-order valence-electron chi connectivity index (χ0n) is 13.4. The average molecular weight is 360 g/mol. The first kappa shape index (κ1) is 22.0. The molecule has 1 rings (SSSR count). The van der Waals surface area contributed by atoms with Crippen molar-refractivity contribution in [3.63, 3.8) is 0 Å². The van der Waals surface area contributed by atoms with Crippen LogP contribution in [0.3, 0.4) is 0 Å². The van der Waals surface area contributed by atoms with Crippen LogP contribution in [-0.2, 0) is 9.59 Å². The molecular weight excluding hydrogens is 335 g/mol. The SMILES string of the molecule is CCC(C)C(N)C(=O)NCC1CCN(C(=O)C(F)(F)F)CC1.Cl. The van der Waals surface area contributed by atoms with Gasteiger partial charge in [-0.3, -0.25) is 9.59 Å². The number of hydrogen-bond acceptors (Lipinski definition) is 3. The Hall–Kier alpha value is -1.02. The zero-order chi connectivity index (χ0) is 16.9. The molecule has 0 spiro atoms. The summed E-state index contributed by atoms with van der Waals surface area (Å²) in [6.45, 7) is 4.36. The predicted octanol–water partition coefficient (Wildman–Crippen LogP) is 1.70. The quantitative estimate of drug-likeness (QED) is 0.784. The molecule has 0 aromatic rings. The fourth-order valence-corrected chi connectivity index (χ4v) is 2.39. The van der Waals surface area contributed by atoms with Crippen molar-refractivity contribution in [2.24, 2.45) is 17.6 Å². The third kappa shape index (κ3) is 6.55. The number of hydrogen-bond donors (Lipinski definition) is 2. The van der Waals surface area contributed by atoms with Crippen LogP contribution in [0.2, 0.25) is 0 Å². The summed E-state index contributed by atoms with van der Waals surface area (Å²) >= 11 is 0. The van der Waals surface area contributed by atoms with E-state index >= 15 is 0 Å². The second-order valence-electron chi connectivity index (χ2n) is 5.89. The number of likely N-dealkylation sites (tertiary alicyclic amines) is 1. The lowest BCUT2D eigenvalue weighted by Gasteiger charge is -2.32. The number of rotatable bonds is 5. The van der Waals surface area contributed by atoms with E-state index in [1.165, 1.54) is 0 Å². The van der Waals surface area contributed by atoms with Crippen LogP contribution in [-0.4, -0.2) is 48.6 Å². The highest BCUT2D eigenvalue weighted by Crippen LogP contribution is 2.23. The molecule has 3 N–H and O–H groups in total. The molecule has 2 amide bonds. The van der Waals surface area contributed by atoms with Gasteiger partial charge in [-0.1, -0.05) is 20.3 Å². The Morgan fingerprint density at radius 2 is 1.83 bits per heavy atom. The van der Waals surface area contributed by atoms with Crippen molar-refractivity contribution >= 4 is 24.2 Å². The van der Waals surface area contributed by atoms with Crippen LogP contribution in [0.4, 0.5) is 13.2 Å². The summed E-state index contributed by atoms with van der Waals surface area (Å²) in [5, 5.41) is 2.75. The molecule has 2 unspecified atom stereocenters. The first-order chi connectivity index (χ1) is 10.2. The van der Waals surface area contributed by atoms with E-state index in [1.807, 2.05) is 13.8 Å². The fourth-order valence-electron chi connectivity index (χ4n) is 2.39. The summed E-state index contributed by atoms with van der Waals surface area (Å²) in [7, 11) is 0. The molecule has 0 aromatic carbocycles. The van der Waals surface area contributed by atoms with E-state index in [9.17, 15) is 22.8 Å². The van der Waals surface area contributed by atoms with E-state index < -0.39 is 18.1 Å². The van der Waals surface area contributed by atoms with Crippen LogP contribution in [0.25, 0.3) is 0 Å². The van der Waals surface area contributed by atoms with E-state index in [0.717, 1.165) is 11.3 Å². The van der Waals surface area contributed by atoms with E-state index in [2.05, 4.69) is 5.32 Å². The van der Waals surface area contributed by atoms with Gasteiger partial charge in [-0.15, -0.1) is 12.4 Å². The summed E-state index contributed by atoms with van der Waals surface area (Å²) in [5.41, 5.74) is 5.81. The number of carbonyl (C=O) groups is 2. The molecule has 0 bridgehead atoms. The standard InChI is InChI=1S/C14H24F3N3O2.ClH/c1-3-9(2)11(18)12(21)19-8-10-4-6-20(7-5-10)13(22)14(15,16)17;/h9-11H,3-8,18H2,1-2H3,(H,19,21);1H. The van der Waals surface area contributed by atoms with Gasteiger partial charge >= 0.3 is 12.1 Å². The maximum atomic E-state index is 12.3. The van der Waals surface area contributed by atoms with Gasteiger partial charge in [0.25, 0.3) is 0 Å². The third-order valence-electron chi connectivity index (χ3n) is 4.27. The van der Waals surface area contributed by atoms with Gasteiger partial charge in [-0.2, -0.15) is 13.2 Å². The minimum absolute atomic E-state index is 0. The summed E-state index contributed by atoms with van der Waals surface area (Å²) in [5.74, 6) is -1.87. The summed E-state index contributed by atoms with van der Waals surface area (Å²) in [6, 6.07) is -0.572. The van der Waals surface area contributed by atoms with Crippen molar-refractivity contribution in [1.29, 1.82) is 0 Å². The van der Waals surface area contributed by atoms with Crippen molar-refractivity contribution in [2.75, 3.05) is 19.6 Å². The highest BCUT2D eigenvalue weighted by molar-refractivity contribution is 5.85. The molecule has 23 heavy (non-hydrogen) atoms. The molecule has 1 heterocycles. The number of carbonyl (C=O) groups excluding carboxylic acids is 2. The van der Waals surface area contributed by atoms with Gasteiger partial charge in [0.15, 0.2) is 0 Å². The molecule has 1 fully saturated rings. The van der Waals surface area contributed by atoms with Crippen molar-refractivity contribution in [1.82, 2.24) is 10.2 Å². The lowest BCUT2D eigenvalue weighted by atomic mass is 9.95. The average Bonchev–Trinajstić information content (AvgIpc) is 2.49. The van der Waals surface area contributed by atoms with Gasteiger partial charge in [-0.25, -0.2) is 0 Å². The number of nitrogens with one attached hydrogen (secondary N) is 1. The monoisotopic (exact) mass is 359 g/mol. The minimum Gasteiger partial charge on any atom is -0.354 e. The summed E-state index contributed by atoms with van der Waals surface area (Å²) in [6.07, 6.45) is -3.13. The molecule has 0 saturated carbocycles. The lowest BCUT2D eigenvalue weighted by Crippen LogP contribution is -2.49. The van der Waals surface area contributed by atoms with E-state index in [0.29, 0.717) is 19.4 Å². The third-order valence-corrected chi connectivity index (χ3v) is 4.27. The number of nitrogens with zero attached hydrogens (tertiary/aromatic N) is 1. The van der Waals surface area contributed by atoms with Crippen LogP contribution in [0.1, 0.15) is 33.1 Å². The number of halogens is 4. The van der Waals surface area contributed by atoms with E-state index in [-0.39, 0.29) is 43.2 Å². The Bertz CT molecular complexity index is 399. The maximum absolute atomic E-state index is 12.3. The molecule has 0 aliphatic carbocycles. The van der Waals surface area contributed by atoms with Gasteiger partial charge in [0.05, 0.1) is 6.04 Å². The summed E-state index contributed by atoms with van der Waals surface area (Å²) < 4.78 is 37.0. The van der Waals surface area contributed by atoms with Gasteiger partial charge in [0.1, 0.15) is 0 Å². The van der Waals surface area contributed by atoms with Gasteiger partial charge in [0, 0.05) is 19.6 Å². The molecule has 1 aliphatic heterocycles. The number of nitrogens with two attached hydrogens (primary N) is 1. The maximum Gasteiger partial charge on any atom is 0.471 e. The molecule has 0 radical (unpaired) electrons. The number of amides is 2. The highest BCUT2D eigenvalue weighted by atomic mass is 35.5. The highest BCUT2D eigenvalue weighted by Gasteiger charge is 2.43. The normalized spacial score (nSPS) is 18.8. The van der Waals surface area contributed by atoms with Crippen molar-refractivity contribution in [3.8, 4) is 0 Å². The molecule has 0 aromatic heterocycles. The second-order valence-corrected chi connectivity index (χ2v) is 5.89. The largest absolute Gasteiger partial charge is 0.471 e. The smallest absolute Gasteiger partial charge is 0.354 e. The molecule has 2 atom stereocenters. The van der Waals surface area contributed by atoms with Gasteiger partial charge in [-0.05, 0) is 24.7 Å². The Balaban J connectivity index is 0.00000484. The van der Waals surface area contributed by atoms with Gasteiger partial charge in [0.2, 0.25) is 5.91 Å². The number of alkyl halides is 3. The van der Waals surface area contributed by atoms with Crippen LogP contribution in [0, 0.1) is 11.8 Å². The number of piperidine rings is 1. The Morgan fingerprint density at radius 1 is 1.30 bits per heavy atom. The lowest BCUT2D eigenvalue weighted by molar-refractivity contribution is -0.186. The van der Waals surface area contributed by atoms with Crippen molar-refractivity contribution < 1.29 is 22.8 Å². The molecule has 5 nitrogen and oxygen atoms in total. The van der Waals surface area contributed by atoms with Crippen LogP contribution in [0.5, 0.6) is 0 Å². The zero-order valence-corrected chi connectivity index (χ0v) is 14.2. The van der Waals surface area contributed by atoms with Gasteiger partial charge < -0.3 is 16.0 Å². The van der Waals surface area contributed by atoms with Crippen LogP contribution >= 0.6 is 12.4 Å². The molecule has 1 saturated heterocycles. The minimum atomic E-state index is -4.82. The predicted molar refractivity (Wildman–Crippen MR) is 83.0 cm³/mol. The summed E-state index contributed by atoms with van der Waals surface area (Å²) in [4.78, 5) is 23.8. The van der Waals surface area contributed by atoms with E-state index in [1.54, 1.807) is 0 Å². The van der Waals surface area contributed by atoms with Crippen LogP contribution < -0.4 is 11.1 Å². The topological polar surface area (TPSA) is 75.4 Å². The molecule has 9 heteroatoms. The first-order valence-electron chi connectivity index (χ1n) is 7.56. The first-order valence-corrected chi connectivity index (χ1v) is 7.56. The van der Waals surface area contributed by atoms with Crippen molar-refractivity contribution in [3.05, 3.63) is 0 Å². The molecule has 1 aliphatic rings. The Kier molecular flexibility index (Phi) is 8.90. The van der Waals surface area contributed by atoms with Crippen LogP contribution in [0.15, 0.2) is 0 Å². The van der Waals surface area contributed by atoms with E-state index in [4.69, 9.17) is 5.73 Å².